The molecule has 0 fully saturated rings. The van der Waals surface area contributed by atoms with Gasteiger partial charge in [-0.2, -0.15) is 0 Å². The van der Waals surface area contributed by atoms with Crippen LogP contribution in [0.1, 0.15) is 26.5 Å². The molecule has 9 heteroatoms. The zero-order valence-electron chi connectivity index (χ0n) is 13.6. The lowest BCUT2D eigenvalue weighted by molar-refractivity contribution is -0.141. The van der Waals surface area contributed by atoms with E-state index in [0.717, 1.165) is 6.07 Å². The Labute approximate surface area is 150 Å². The number of halogens is 2. The summed E-state index contributed by atoms with van der Waals surface area (Å²) in [5.74, 6) is -4.58. The maximum atomic E-state index is 14.0. The highest BCUT2D eigenvalue weighted by Crippen LogP contribution is 2.28. The molecule has 2 N–H and O–H groups in total. The second-order valence-electron chi connectivity index (χ2n) is 6.05. The number of amides is 2. The third kappa shape index (κ3) is 2.64. The van der Waals surface area contributed by atoms with Crippen LogP contribution in [-0.2, 0) is 11.2 Å². The lowest BCUT2D eigenvalue weighted by Gasteiger charge is -2.21. The van der Waals surface area contributed by atoms with Gasteiger partial charge < -0.3 is 10.1 Å². The molecule has 1 aliphatic heterocycles. The predicted molar refractivity (Wildman–Crippen MR) is 88.1 cm³/mol. The maximum Gasteiger partial charge on any atom is 0.327 e. The Morgan fingerprint density at radius 3 is 2.67 bits per heavy atom. The first-order valence-electron chi connectivity index (χ1n) is 7.90. The van der Waals surface area contributed by atoms with Crippen LogP contribution in [0.2, 0.25) is 0 Å². The molecular weight excluding hydrogens is 360 g/mol. The Morgan fingerprint density at radius 2 is 1.96 bits per heavy atom. The van der Waals surface area contributed by atoms with E-state index in [2.05, 4.69) is 9.97 Å². The number of benzene rings is 2. The fraction of sp³-hybridized carbons (Fsp3) is 0.111. The second kappa shape index (κ2) is 5.97. The van der Waals surface area contributed by atoms with Gasteiger partial charge in [-0.3, -0.25) is 14.5 Å². The van der Waals surface area contributed by atoms with Crippen molar-refractivity contribution in [3.63, 3.8) is 0 Å². The number of H-pyrrole nitrogens is 1. The number of nitrogens with one attached hydrogen (secondary N) is 1. The number of carbonyl (C=O) groups excluding carboxylic acids is 2. The van der Waals surface area contributed by atoms with Crippen molar-refractivity contribution >= 4 is 28.8 Å². The normalized spacial score (nSPS) is 14.7. The van der Waals surface area contributed by atoms with Gasteiger partial charge >= 0.3 is 5.97 Å². The molecular formula is C18H11F2N3O4. The van der Waals surface area contributed by atoms with Gasteiger partial charge in [-0.1, -0.05) is 6.07 Å². The number of rotatable bonds is 4. The molecule has 0 unspecified atom stereocenters. The number of imide groups is 1. The number of hydrogen-bond acceptors (Lipinski definition) is 4. The number of fused-ring (bicyclic) bond motifs is 2. The highest BCUT2D eigenvalue weighted by Gasteiger charge is 2.44. The smallest absolute Gasteiger partial charge is 0.327 e. The number of imidazole rings is 1. The fourth-order valence-electron chi connectivity index (χ4n) is 3.15. The average Bonchev–Trinajstić information content (AvgIpc) is 3.12. The minimum Gasteiger partial charge on any atom is -0.480 e. The molecule has 0 aliphatic carbocycles. The van der Waals surface area contributed by atoms with E-state index in [4.69, 9.17) is 0 Å². The summed E-state index contributed by atoms with van der Waals surface area (Å²) in [7, 11) is 0. The van der Waals surface area contributed by atoms with Crippen LogP contribution in [0.4, 0.5) is 8.78 Å². The van der Waals surface area contributed by atoms with E-state index in [1.54, 1.807) is 0 Å². The summed E-state index contributed by atoms with van der Waals surface area (Å²) in [6, 6.07) is 5.78. The van der Waals surface area contributed by atoms with Crippen LogP contribution in [0.3, 0.4) is 0 Å². The van der Waals surface area contributed by atoms with E-state index in [9.17, 15) is 28.3 Å². The largest absolute Gasteiger partial charge is 0.480 e. The zero-order chi connectivity index (χ0) is 19.3. The molecule has 27 heavy (non-hydrogen) atoms. The standard InChI is InChI=1S/C18H11F2N3O4/c19-8-4-5-11-12(6-8)22-14(21-11)7-13(18(26)27)23-16(24)9-2-1-3-10(20)15(9)17(23)25/h1-6,13H,7H2,(H,21,22)(H,26,27)/t13-/m1/s1. The Hall–Kier alpha value is -3.62. The van der Waals surface area contributed by atoms with Crippen LogP contribution in [0, 0.1) is 11.6 Å². The first kappa shape index (κ1) is 16.8. The van der Waals surface area contributed by atoms with Gasteiger partial charge in [0.1, 0.15) is 23.5 Å². The molecule has 7 nitrogen and oxygen atoms in total. The number of aromatic nitrogens is 2. The number of hydrogen-bond donors (Lipinski definition) is 2. The molecule has 0 radical (unpaired) electrons. The monoisotopic (exact) mass is 371 g/mol. The molecule has 1 atom stereocenters. The van der Waals surface area contributed by atoms with E-state index in [1.807, 2.05) is 0 Å². The SMILES string of the molecule is O=C(O)[C@@H](Cc1nc2ccc(F)cc2[nH]1)N1C(=O)c2cccc(F)c2C1=O. The number of carboxylic acids is 1. The van der Waals surface area contributed by atoms with E-state index >= 15 is 0 Å². The van der Waals surface area contributed by atoms with Gasteiger partial charge in [0.2, 0.25) is 0 Å². The molecule has 2 heterocycles. The summed E-state index contributed by atoms with van der Waals surface area (Å²) in [6.07, 6.45) is -0.335. The molecule has 0 saturated carbocycles. The first-order chi connectivity index (χ1) is 12.9. The van der Waals surface area contributed by atoms with Crippen LogP contribution in [0.15, 0.2) is 36.4 Å². The van der Waals surface area contributed by atoms with Gasteiger partial charge in [-0.25, -0.2) is 18.6 Å². The van der Waals surface area contributed by atoms with E-state index in [0.29, 0.717) is 15.9 Å². The van der Waals surface area contributed by atoms with Gasteiger partial charge in [0.15, 0.2) is 0 Å². The summed E-state index contributed by atoms with van der Waals surface area (Å²) in [5.41, 5.74) is 0.129. The Morgan fingerprint density at radius 1 is 1.19 bits per heavy atom. The summed E-state index contributed by atoms with van der Waals surface area (Å²) in [4.78, 5) is 44.2. The summed E-state index contributed by atoms with van der Waals surface area (Å²) >= 11 is 0. The number of nitrogens with zero attached hydrogens (tertiary/aromatic N) is 2. The Bertz CT molecular complexity index is 1120. The fourth-order valence-corrected chi connectivity index (χ4v) is 3.15. The van der Waals surface area contributed by atoms with E-state index in [-0.39, 0.29) is 17.8 Å². The minimum absolute atomic E-state index is 0.153. The second-order valence-corrected chi connectivity index (χ2v) is 6.05. The lowest BCUT2D eigenvalue weighted by atomic mass is 10.1. The minimum atomic E-state index is -1.60. The molecule has 136 valence electrons. The molecule has 2 amide bonds. The van der Waals surface area contributed by atoms with Crippen molar-refractivity contribution in [3.8, 4) is 0 Å². The molecule has 4 rings (SSSR count). The van der Waals surface area contributed by atoms with Crippen molar-refractivity contribution in [3.05, 3.63) is 65.0 Å². The van der Waals surface area contributed by atoms with Crippen LogP contribution in [0.5, 0.6) is 0 Å². The Kier molecular flexibility index (Phi) is 3.72. The highest BCUT2D eigenvalue weighted by atomic mass is 19.1. The first-order valence-corrected chi connectivity index (χ1v) is 7.90. The van der Waals surface area contributed by atoms with Crippen molar-refractivity contribution in [2.75, 3.05) is 0 Å². The zero-order valence-corrected chi connectivity index (χ0v) is 13.6. The number of aromatic amines is 1. The summed E-state index contributed by atoms with van der Waals surface area (Å²) in [6.45, 7) is 0. The molecule has 1 aliphatic rings. The van der Waals surface area contributed by atoms with Crippen molar-refractivity contribution in [2.24, 2.45) is 0 Å². The predicted octanol–water partition coefficient (Wildman–Crippen LogP) is 2.13. The number of carbonyl (C=O) groups is 3. The van der Waals surface area contributed by atoms with Crippen LogP contribution in [-0.4, -0.2) is 43.8 Å². The van der Waals surface area contributed by atoms with Crippen LogP contribution >= 0.6 is 0 Å². The molecule has 3 aromatic rings. The molecule has 0 spiro atoms. The van der Waals surface area contributed by atoms with Crippen molar-refractivity contribution in [1.29, 1.82) is 0 Å². The van der Waals surface area contributed by atoms with E-state index in [1.165, 1.54) is 30.3 Å². The molecule has 0 saturated heterocycles. The van der Waals surface area contributed by atoms with Gasteiger partial charge in [0.25, 0.3) is 11.8 Å². The average molecular weight is 371 g/mol. The molecule has 0 bridgehead atoms. The topological polar surface area (TPSA) is 103 Å². The van der Waals surface area contributed by atoms with E-state index < -0.39 is 41.0 Å². The van der Waals surface area contributed by atoms with Gasteiger partial charge in [-0.15, -0.1) is 0 Å². The van der Waals surface area contributed by atoms with Crippen molar-refractivity contribution < 1.29 is 28.3 Å². The van der Waals surface area contributed by atoms with Crippen molar-refractivity contribution in [1.82, 2.24) is 14.9 Å². The number of aliphatic carboxylic acids is 1. The molecule has 1 aromatic heterocycles. The van der Waals surface area contributed by atoms with Gasteiger partial charge in [-0.05, 0) is 30.3 Å². The quantitative estimate of drug-likeness (QED) is 0.684. The maximum absolute atomic E-state index is 14.0. The van der Waals surface area contributed by atoms with Crippen molar-refractivity contribution in [2.45, 2.75) is 12.5 Å². The highest BCUT2D eigenvalue weighted by molar-refractivity contribution is 6.22. The lowest BCUT2D eigenvalue weighted by Crippen LogP contribution is -2.46. The van der Waals surface area contributed by atoms with Crippen LogP contribution in [0.25, 0.3) is 11.0 Å². The number of carboxylic acid groups (broad SMARTS) is 1. The summed E-state index contributed by atoms with van der Waals surface area (Å²) < 4.78 is 27.3. The van der Waals surface area contributed by atoms with Gasteiger partial charge in [0, 0.05) is 6.42 Å². The summed E-state index contributed by atoms with van der Waals surface area (Å²) in [5, 5.41) is 9.56. The third-order valence-corrected chi connectivity index (χ3v) is 4.37. The Balaban J connectivity index is 1.71. The molecule has 2 aromatic carbocycles. The third-order valence-electron chi connectivity index (χ3n) is 4.37. The van der Waals surface area contributed by atoms with Crippen LogP contribution < -0.4 is 0 Å². The van der Waals surface area contributed by atoms with Gasteiger partial charge in [0.05, 0.1) is 22.2 Å².